The second-order valence-electron chi connectivity index (χ2n) is 4.22. The minimum absolute atomic E-state index is 0.114. The van der Waals surface area contributed by atoms with Gasteiger partial charge in [-0.25, -0.2) is 4.79 Å². The van der Waals surface area contributed by atoms with Crippen molar-refractivity contribution in [2.24, 2.45) is 0 Å². The number of rotatable bonds is 4. The van der Waals surface area contributed by atoms with E-state index in [1.54, 1.807) is 0 Å². The topological polar surface area (TPSA) is 26.3 Å². The molecule has 1 fully saturated rings. The van der Waals surface area contributed by atoms with Crippen LogP contribution in [0.1, 0.15) is 32.6 Å². The van der Waals surface area contributed by atoms with Crippen LogP contribution in [-0.2, 0) is 9.53 Å². The number of hydrogen-bond donors (Lipinski definition) is 0. The molecule has 0 aromatic rings. The lowest BCUT2D eigenvalue weighted by Gasteiger charge is -2.20. The van der Waals surface area contributed by atoms with E-state index in [9.17, 15) is 4.79 Å². The number of carbonyl (C=O) groups is 1. The van der Waals surface area contributed by atoms with E-state index in [-0.39, 0.29) is 5.97 Å². The minimum atomic E-state index is -0.114. The molecule has 0 aromatic carbocycles. The highest BCUT2D eigenvalue weighted by Gasteiger charge is 2.21. The van der Waals surface area contributed by atoms with Crippen molar-refractivity contribution >= 4 is 29.5 Å². The Balaban J connectivity index is 1.69. The van der Waals surface area contributed by atoms with Gasteiger partial charge in [-0.3, -0.25) is 0 Å². The molecule has 0 aliphatic carbocycles. The lowest BCUT2D eigenvalue weighted by atomic mass is 10.1. The van der Waals surface area contributed by atoms with Crippen molar-refractivity contribution in [2.45, 2.75) is 37.2 Å². The molecule has 0 aromatic heterocycles. The van der Waals surface area contributed by atoms with Gasteiger partial charge in [0.25, 0.3) is 0 Å². The highest BCUT2D eigenvalue weighted by molar-refractivity contribution is 8.17. The third-order valence-electron chi connectivity index (χ3n) is 3.03. The Kier molecular flexibility index (Phi) is 4.65. The summed E-state index contributed by atoms with van der Waals surface area (Å²) in [4.78, 5) is 11.2. The van der Waals surface area contributed by atoms with Crippen LogP contribution in [0.5, 0.6) is 0 Å². The van der Waals surface area contributed by atoms with Gasteiger partial charge < -0.3 is 4.74 Å². The molecule has 2 heterocycles. The Hall–Kier alpha value is -0.0900. The number of cyclic esters (lactones) is 1. The molecule has 2 rings (SSSR count). The van der Waals surface area contributed by atoms with Crippen LogP contribution in [0.25, 0.3) is 0 Å². The van der Waals surface area contributed by atoms with Crippen LogP contribution in [0.4, 0.5) is 0 Å². The Labute approximate surface area is 106 Å². The zero-order valence-electron chi connectivity index (χ0n) is 9.66. The number of thioether (sulfide) groups is 2. The predicted octanol–water partition coefficient (Wildman–Crippen LogP) is 3.23. The summed E-state index contributed by atoms with van der Waals surface area (Å²) in [5.41, 5.74) is 2.07. The van der Waals surface area contributed by atoms with Gasteiger partial charge in [0.2, 0.25) is 0 Å². The van der Waals surface area contributed by atoms with E-state index < -0.39 is 0 Å². The van der Waals surface area contributed by atoms with Crippen LogP contribution in [-0.4, -0.2) is 28.7 Å². The molecule has 0 unspecified atom stereocenters. The highest BCUT2D eigenvalue weighted by atomic mass is 32.2. The molecular weight excluding hydrogens is 240 g/mol. The lowest BCUT2D eigenvalue weighted by Crippen LogP contribution is -2.06. The van der Waals surface area contributed by atoms with E-state index in [0.717, 1.165) is 16.6 Å². The van der Waals surface area contributed by atoms with Crippen molar-refractivity contribution in [2.75, 3.05) is 18.1 Å². The first kappa shape index (κ1) is 12.4. The average molecular weight is 258 g/mol. The second-order valence-corrected chi connectivity index (χ2v) is 7.14. The van der Waals surface area contributed by atoms with Gasteiger partial charge in [0.05, 0.1) is 4.58 Å². The van der Waals surface area contributed by atoms with Gasteiger partial charge in [0, 0.05) is 5.57 Å². The van der Waals surface area contributed by atoms with Crippen LogP contribution >= 0.6 is 23.5 Å². The van der Waals surface area contributed by atoms with Crippen molar-refractivity contribution in [3.05, 3.63) is 11.1 Å². The maximum absolute atomic E-state index is 11.2. The molecule has 0 amide bonds. The van der Waals surface area contributed by atoms with Crippen LogP contribution in [0.3, 0.4) is 0 Å². The summed E-state index contributed by atoms with van der Waals surface area (Å²) in [6, 6.07) is 0. The maximum atomic E-state index is 11.2. The fourth-order valence-corrected chi connectivity index (χ4v) is 4.92. The summed E-state index contributed by atoms with van der Waals surface area (Å²) in [5, 5.41) is 0. The van der Waals surface area contributed by atoms with Gasteiger partial charge in [-0.05, 0) is 49.7 Å². The van der Waals surface area contributed by atoms with E-state index in [0.29, 0.717) is 6.61 Å². The molecule has 0 saturated carbocycles. The van der Waals surface area contributed by atoms with Crippen LogP contribution in [0, 0.1) is 0 Å². The van der Waals surface area contributed by atoms with Crippen LogP contribution in [0.2, 0.25) is 0 Å². The Bertz CT molecular complexity index is 293. The van der Waals surface area contributed by atoms with Gasteiger partial charge in [-0.15, -0.1) is 23.5 Å². The summed E-state index contributed by atoms with van der Waals surface area (Å²) in [7, 11) is 0. The molecule has 90 valence electrons. The van der Waals surface area contributed by atoms with Gasteiger partial charge in [-0.2, -0.15) is 0 Å². The SMILES string of the molecule is CC1=C(CCCC2SCCCS2)COC1=O. The predicted molar refractivity (Wildman–Crippen MR) is 70.8 cm³/mol. The zero-order valence-corrected chi connectivity index (χ0v) is 11.3. The first-order valence-electron chi connectivity index (χ1n) is 5.86. The molecule has 2 nitrogen and oxygen atoms in total. The third kappa shape index (κ3) is 3.20. The Morgan fingerprint density at radius 3 is 2.75 bits per heavy atom. The standard InChI is InChI=1S/C12H18O2S2/c1-9-10(8-14-12(9)13)4-2-5-11-15-6-3-7-16-11/h11H,2-8H2,1H3. The second kappa shape index (κ2) is 6.01. The minimum Gasteiger partial charge on any atom is -0.458 e. The zero-order chi connectivity index (χ0) is 11.4. The van der Waals surface area contributed by atoms with Crippen molar-refractivity contribution in [3.63, 3.8) is 0 Å². The van der Waals surface area contributed by atoms with Gasteiger partial charge in [0.1, 0.15) is 6.61 Å². The molecule has 0 radical (unpaired) electrons. The van der Waals surface area contributed by atoms with Crippen molar-refractivity contribution in [1.29, 1.82) is 0 Å². The number of hydrogen-bond acceptors (Lipinski definition) is 4. The van der Waals surface area contributed by atoms with Gasteiger partial charge in [-0.1, -0.05) is 0 Å². The molecule has 2 aliphatic rings. The quantitative estimate of drug-likeness (QED) is 0.723. The molecule has 0 bridgehead atoms. The largest absolute Gasteiger partial charge is 0.458 e. The number of esters is 1. The first-order chi connectivity index (χ1) is 7.77. The Morgan fingerprint density at radius 1 is 1.38 bits per heavy atom. The highest BCUT2D eigenvalue weighted by Crippen LogP contribution is 2.34. The third-order valence-corrected chi connectivity index (χ3v) is 6.11. The average Bonchev–Trinajstić information content (AvgIpc) is 2.62. The summed E-state index contributed by atoms with van der Waals surface area (Å²) < 4.78 is 5.78. The van der Waals surface area contributed by atoms with Crippen LogP contribution < -0.4 is 0 Å². The van der Waals surface area contributed by atoms with E-state index in [4.69, 9.17) is 4.74 Å². The molecular formula is C12H18O2S2. The van der Waals surface area contributed by atoms with E-state index in [1.807, 2.05) is 6.92 Å². The molecule has 0 spiro atoms. The Morgan fingerprint density at radius 2 is 2.12 bits per heavy atom. The van der Waals surface area contributed by atoms with E-state index >= 15 is 0 Å². The summed E-state index contributed by atoms with van der Waals surface area (Å²) in [5.74, 6) is 2.53. The summed E-state index contributed by atoms with van der Waals surface area (Å²) in [6.07, 6.45) is 4.85. The smallest absolute Gasteiger partial charge is 0.334 e. The fraction of sp³-hybridized carbons (Fsp3) is 0.750. The van der Waals surface area contributed by atoms with Crippen molar-refractivity contribution < 1.29 is 9.53 Å². The van der Waals surface area contributed by atoms with Crippen LogP contribution in [0.15, 0.2) is 11.1 Å². The molecule has 0 N–H and O–H groups in total. The summed E-state index contributed by atoms with van der Waals surface area (Å²) >= 11 is 4.19. The fourth-order valence-electron chi connectivity index (χ4n) is 1.96. The van der Waals surface area contributed by atoms with Gasteiger partial charge in [0.15, 0.2) is 0 Å². The molecule has 0 atom stereocenters. The molecule has 2 aliphatic heterocycles. The van der Waals surface area contributed by atoms with Crippen molar-refractivity contribution in [1.82, 2.24) is 0 Å². The normalized spacial score (nSPS) is 22.7. The first-order valence-corrected chi connectivity index (χ1v) is 7.96. The van der Waals surface area contributed by atoms with E-state index in [1.165, 1.54) is 36.3 Å². The number of ether oxygens (including phenoxy) is 1. The van der Waals surface area contributed by atoms with E-state index in [2.05, 4.69) is 23.5 Å². The van der Waals surface area contributed by atoms with Crippen molar-refractivity contribution in [3.8, 4) is 0 Å². The number of carbonyl (C=O) groups excluding carboxylic acids is 1. The van der Waals surface area contributed by atoms with Gasteiger partial charge >= 0.3 is 5.97 Å². The molecule has 16 heavy (non-hydrogen) atoms. The molecule has 1 saturated heterocycles. The maximum Gasteiger partial charge on any atom is 0.334 e. The summed E-state index contributed by atoms with van der Waals surface area (Å²) in [6.45, 7) is 2.42. The molecule has 4 heteroatoms. The monoisotopic (exact) mass is 258 g/mol. The lowest BCUT2D eigenvalue weighted by molar-refractivity contribution is -0.135.